The van der Waals surface area contributed by atoms with E-state index in [-0.39, 0.29) is 30.2 Å². The van der Waals surface area contributed by atoms with E-state index in [9.17, 15) is 18.7 Å². The van der Waals surface area contributed by atoms with E-state index in [2.05, 4.69) is 10.1 Å². The molecule has 8 heteroatoms. The number of nitrogens with one attached hydrogen (secondary N) is 1. The van der Waals surface area contributed by atoms with Crippen molar-refractivity contribution in [1.82, 2.24) is 5.32 Å². The molecule has 2 rings (SSSR count). The number of aliphatic hydroxyl groups excluding tert-OH is 1. The predicted molar refractivity (Wildman–Crippen MR) is 81.5 cm³/mol. The van der Waals surface area contributed by atoms with Crippen LogP contribution >= 0.6 is 0 Å². The number of amides is 1. The molecule has 0 spiro atoms. The first-order valence-corrected chi connectivity index (χ1v) is 7.67. The molecule has 0 aromatic heterocycles. The van der Waals surface area contributed by atoms with Crippen LogP contribution < -0.4 is 14.8 Å². The molecule has 1 aliphatic carbocycles. The van der Waals surface area contributed by atoms with Crippen LogP contribution in [0.4, 0.5) is 8.78 Å². The molecular weight excluding hydrogens is 324 g/mol. The molecule has 1 atom stereocenters. The first kappa shape index (κ1) is 18.4. The molecule has 1 fully saturated rings. The molecule has 1 aromatic rings. The number of para-hydroxylation sites is 1. The van der Waals surface area contributed by atoms with Gasteiger partial charge in [0.25, 0.3) is 5.91 Å². The fourth-order valence-corrected chi connectivity index (χ4v) is 2.09. The predicted octanol–water partition coefficient (Wildman–Crippen LogP) is 1.81. The summed E-state index contributed by atoms with van der Waals surface area (Å²) in [6.45, 7) is -2.44. The van der Waals surface area contributed by atoms with Crippen LogP contribution in [0.2, 0.25) is 0 Å². The Morgan fingerprint density at radius 2 is 2.17 bits per heavy atom. The number of alkyl halides is 2. The fourth-order valence-electron chi connectivity index (χ4n) is 2.09. The molecule has 1 aromatic carbocycles. The summed E-state index contributed by atoms with van der Waals surface area (Å²) in [5.74, 6) is -0.383. The normalized spacial score (nSPS) is 15.2. The molecule has 2 N–H and O–H groups in total. The SMILES string of the molecule is COc1cccc(C(=O)NC[C@@H](O)COCC2CC2)c1OC(F)F. The maximum absolute atomic E-state index is 12.5. The minimum absolute atomic E-state index is 0.0243. The lowest BCUT2D eigenvalue weighted by Crippen LogP contribution is -2.35. The molecule has 24 heavy (non-hydrogen) atoms. The highest BCUT2D eigenvalue weighted by Crippen LogP contribution is 2.32. The Labute approximate surface area is 138 Å². The van der Waals surface area contributed by atoms with Crippen molar-refractivity contribution in [3.63, 3.8) is 0 Å². The second-order valence-corrected chi connectivity index (χ2v) is 5.56. The van der Waals surface area contributed by atoms with Gasteiger partial charge in [-0.25, -0.2) is 0 Å². The summed E-state index contributed by atoms with van der Waals surface area (Å²) in [6.07, 6.45) is 1.42. The van der Waals surface area contributed by atoms with Crippen LogP contribution in [0.25, 0.3) is 0 Å². The van der Waals surface area contributed by atoms with Crippen LogP contribution in [-0.2, 0) is 4.74 Å². The van der Waals surface area contributed by atoms with Crippen LogP contribution in [0.3, 0.4) is 0 Å². The van der Waals surface area contributed by atoms with Gasteiger partial charge in [0.15, 0.2) is 11.5 Å². The van der Waals surface area contributed by atoms with E-state index < -0.39 is 18.6 Å². The smallest absolute Gasteiger partial charge is 0.387 e. The number of halogens is 2. The highest BCUT2D eigenvalue weighted by Gasteiger charge is 2.22. The third-order valence-electron chi connectivity index (χ3n) is 3.51. The Morgan fingerprint density at radius 1 is 1.42 bits per heavy atom. The molecule has 1 amide bonds. The minimum atomic E-state index is -3.09. The Morgan fingerprint density at radius 3 is 2.79 bits per heavy atom. The minimum Gasteiger partial charge on any atom is -0.493 e. The average molecular weight is 345 g/mol. The van der Waals surface area contributed by atoms with Gasteiger partial charge < -0.3 is 24.6 Å². The van der Waals surface area contributed by atoms with Gasteiger partial charge >= 0.3 is 6.61 Å². The number of hydrogen-bond donors (Lipinski definition) is 2. The van der Waals surface area contributed by atoms with Gasteiger partial charge in [0.05, 0.1) is 25.4 Å². The molecule has 0 heterocycles. The van der Waals surface area contributed by atoms with Crippen molar-refractivity contribution in [2.24, 2.45) is 5.92 Å². The largest absolute Gasteiger partial charge is 0.493 e. The van der Waals surface area contributed by atoms with Crippen molar-refractivity contribution in [2.45, 2.75) is 25.6 Å². The Kier molecular flexibility index (Phi) is 6.74. The van der Waals surface area contributed by atoms with Crippen molar-refractivity contribution >= 4 is 5.91 Å². The zero-order valence-corrected chi connectivity index (χ0v) is 13.3. The molecule has 0 bridgehead atoms. The van der Waals surface area contributed by atoms with Gasteiger partial charge in [0.1, 0.15) is 0 Å². The highest BCUT2D eigenvalue weighted by molar-refractivity contribution is 5.97. The van der Waals surface area contributed by atoms with Crippen LogP contribution in [0.1, 0.15) is 23.2 Å². The van der Waals surface area contributed by atoms with Crippen LogP contribution in [0, 0.1) is 5.92 Å². The highest BCUT2D eigenvalue weighted by atomic mass is 19.3. The van der Waals surface area contributed by atoms with Gasteiger partial charge in [0, 0.05) is 13.2 Å². The fraction of sp³-hybridized carbons (Fsp3) is 0.562. The molecule has 134 valence electrons. The van der Waals surface area contributed by atoms with Gasteiger partial charge in [-0.1, -0.05) is 6.07 Å². The van der Waals surface area contributed by atoms with Gasteiger partial charge in [-0.15, -0.1) is 0 Å². The van der Waals surface area contributed by atoms with Crippen molar-refractivity contribution in [3.8, 4) is 11.5 Å². The zero-order valence-electron chi connectivity index (χ0n) is 13.3. The van der Waals surface area contributed by atoms with Crippen molar-refractivity contribution < 1.29 is 32.9 Å². The Bertz CT molecular complexity index is 551. The van der Waals surface area contributed by atoms with Gasteiger partial charge in [-0.2, -0.15) is 8.78 Å². The maximum atomic E-state index is 12.5. The third kappa shape index (κ3) is 5.61. The quantitative estimate of drug-likeness (QED) is 0.676. The maximum Gasteiger partial charge on any atom is 0.387 e. The van der Waals surface area contributed by atoms with Crippen molar-refractivity contribution in [1.29, 1.82) is 0 Å². The van der Waals surface area contributed by atoms with Gasteiger partial charge in [-0.05, 0) is 30.9 Å². The van der Waals surface area contributed by atoms with Crippen LogP contribution in [0.15, 0.2) is 18.2 Å². The standard InChI is InChI=1S/C16H21F2NO5/c1-22-13-4-2-3-12(14(13)24-16(17)18)15(21)19-7-11(20)9-23-8-10-5-6-10/h2-4,10-11,16,20H,5-9H2,1H3,(H,19,21)/t11-/m1/s1. The van der Waals surface area contributed by atoms with Crippen molar-refractivity contribution in [2.75, 3.05) is 26.9 Å². The third-order valence-corrected chi connectivity index (χ3v) is 3.51. The number of ether oxygens (including phenoxy) is 3. The number of carbonyl (C=O) groups excluding carboxylic acids is 1. The molecule has 1 aliphatic rings. The summed E-state index contributed by atoms with van der Waals surface area (Å²) < 4.78 is 39.7. The van der Waals surface area contributed by atoms with E-state index in [1.54, 1.807) is 0 Å². The second kappa shape index (κ2) is 8.79. The average Bonchev–Trinajstić information content (AvgIpc) is 3.36. The van der Waals surface area contributed by atoms with E-state index >= 15 is 0 Å². The summed E-state index contributed by atoms with van der Waals surface area (Å²) in [6, 6.07) is 4.24. The molecule has 0 saturated heterocycles. The van der Waals surface area contributed by atoms with Crippen LogP contribution in [-0.4, -0.2) is 50.6 Å². The van der Waals surface area contributed by atoms with E-state index in [0.717, 1.165) is 12.8 Å². The summed E-state index contributed by atoms with van der Waals surface area (Å²) in [4.78, 5) is 12.2. The summed E-state index contributed by atoms with van der Waals surface area (Å²) in [5, 5.41) is 12.2. The molecular formula is C16H21F2NO5. The second-order valence-electron chi connectivity index (χ2n) is 5.56. The number of carbonyl (C=O) groups is 1. The molecule has 0 aliphatic heterocycles. The Balaban J connectivity index is 1.90. The monoisotopic (exact) mass is 345 g/mol. The lowest BCUT2D eigenvalue weighted by atomic mass is 10.1. The molecule has 1 saturated carbocycles. The summed E-state index contributed by atoms with van der Waals surface area (Å²) in [7, 11) is 1.29. The van der Waals surface area contributed by atoms with Crippen LogP contribution in [0.5, 0.6) is 11.5 Å². The summed E-state index contributed by atoms with van der Waals surface area (Å²) in [5.41, 5.74) is -0.0965. The first-order chi connectivity index (χ1) is 11.5. The summed E-state index contributed by atoms with van der Waals surface area (Å²) >= 11 is 0. The topological polar surface area (TPSA) is 77.0 Å². The number of aliphatic hydroxyl groups is 1. The van der Waals surface area contributed by atoms with Gasteiger partial charge in [0.2, 0.25) is 0 Å². The number of methoxy groups -OCH3 is 1. The molecule has 0 radical (unpaired) electrons. The van der Waals surface area contributed by atoms with E-state index in [1.807, 2.05) is 0 Å². The first-order valence-electron chi connectivity index (χ1n) is 7.67. The number of hydrogen-bond acceptors (Lipinski definition) is 5. The van der Waals surface area contributed by atoms with E-state index in [0.29, 0.717) is 12.5 Å². The van der Waals surface area contributed by atoms with Crippen molar-refractivity contribution in [3.05, 3.63) is 23.8 Å². The molecule has 0 unspecified atom stereocenters. The lowest BCUT2D eigenvalue weighted by Gasteiger charge is -2.16. The van der Waals surface area contributed by atoms with Gasteiger partial charge in [-0.3, -0.25) is 4.79 Å². The lowest BCUT2D eigenvalue weighted by molar-refractivity contribution is -0.0515. The molecule has 6 nitrogen and oxygen atoms in total. The zero-order chi connectivity index (χ0) is 17.5. The number of benzene rings is 1. The van der Waals surface area contributed by atoms with E-state index in [1.165, 1.54) is 25.3 Å². The van der Waals surface area contributed by atoms with E-state index in [4.69, 9.17) is 9.47 Å². The Hall–Kier alpha value is -1.93. The number of rotatable bonds is 10.